The number of amides is 1. The number of carbonyl (C=O) groups is 1. The fraction of sp³-hybridized carbons (Fsp3) is 0.500. The summed E-state index contributed by atoms with van der Waals surface area (Å²) in [6.07, 6.45) is 1.17. The van der Waals surface area contributed by atoms with E-state index in [-0.39, 0.29) is 5.91 Å². The third-order valence-electron chi connectivity index (χ3n) is 3.55. The van der Waals surface area contributed by atoms with Gasteiger partial charge in [0.15, 0.2) is 0 Å². The number of hydrogen-bond donors (Lipinski definition) is 1. The van der Waals surface area contributed by atoms with Crippen LogP contribution >= 0.6 is 15.9 Å². The van der Waals surface area contributed by atoms with Crippen LogP contribution in [0.3, 0.4) is 0 Å². The number of nitrogens with one attached hydrogen (secondary N) is 1. The van der Waals surface area contributed by atoms with E-state index in [1.54, 1.807) is 0 Å². The first-order chi connectivity index (χ1) is 8.58. The highest BCUT2D eigenvalue weighted by Crippen LogP contribution is 2.19. The molecular formula is C14H19BrN2O. The molecule has 0 saturated carbocycles. The molecule has 1 amide bonds. The molecule has 3 nitrogen and oxygen atoms in total. The average Bonchev–Trinajstić information content (AvgIpc) is 2.76. The molecular weight excluding hydrogens is 292 g/mol. The fourth-order valence-electron chi connectivity index (χ4n) is 2.38. The molecule has 0 bridgehead atoms. The van der Waals surface area contributed by atoms with Gasteiger partial charge in [0.05, 0.1) is 0 Å². The van der Waals surface area contributed by atoms with Gasteiger partial charge < -0.3 is 10.2 Å². The van der Waals surface area contributed by atoms with Crippen molar-refractivity contribution in [3.63, 3.8) is 0 Å². The van der Waals surface area contributed by atoms with Crippen LogP contribution in [0, 0.1) is 12.8 Å². The normalized spacial score (nSPS) is 20.1. The molecule has 1 aliphatic heterocycles. The van der Waals surface area contributed by atoms with E-state index in [0.717, 1.165) is 35.2 Å². The highest BCUT2D eigenvalue weighted by molar-refractivity contribution is 9.10. The summed E-state index contributed by atoms with van der Waals surface area (Å²) in [7, 11) is 2.13. The smallest absolute Gasteiger partial charge is 0.251 e. The number of nitrogens with zero attached hydrogens (tertiary/aromatic N) is 1. The van der Waals surface area contributed by atoms with Gasteiger partial charge >= 0.3 is 0 Å². The summed E-state index contributed by atoms with van der Waals surface area (Å²) in [4.78, 5) is 14.4. The van der Waals surface area contributed by atoms with Gasteiger partial charge in [-0.05, 0) is 50.6 Å². The maximum atomic E-state index is 12.1. The lowest BCUT2D eigenvalue weighted by Crippen LogP contribution is -2.30. The van der Waals surface area contributed by atoms with Crippen LogP contribution in [0.4, 0.5) is 0 Å². The first kappa shape index (κ1) is 13.6. The molecule has 1 saturated heterocycles. The Hall–Kier alpha value is -0.870. The van der Waals surface area contributed by atoms with Crippen molar-refractivity contribution in [3.05, 3.63) is 33.8 Å². The molecule has 0 aliphatic carbocycles. The van der Waals surface area contributed by atoms with E-state index in [4.69, 9.17) is 0 Å². The van der Waals surface area contributed by atoms with Crippen molar-refractivity contribution in [1.29, 1.82) is 0 Å². The van der Waals surface area contributed by atoms with Crippen molar-refractivity contribution in [2.24, 2.45) is 5.92 Å². The van der Waals surface area contributed by atoms with Crippen LogP contribution in [-0.4, -0.2) is 37.5 Å². The van der Waals surface area contributed by atoms with E-state index in [0.29, 0.717) is 5.92 Å². The Balaban J connectivity index is 1.94. The third kappa shape index (κ3) is 3.12. The zero-order chi connectivity index (χ0) is 13.1. The summed E-state index contributed by atoms with van der Waals surface area (Å²) in [5.41, 5.74) is 1.76. The Labute approximate surface area is 117 Å². The van der Waals surface area contributed by atoms with Crippen LogP contribution in [0.25, 0.3) is 0 Å². The molecule has 1 fully saturated rings. The molecule has 1 atom stereocenters. The number of carbonyl (C=O) groups excluding carboxylic acids is 1. The topological polar surface area (TPSA) is 32.3 Å². The Morgan fingerprint density at radius 1 is 1.56 bits per heavy atom. The zero-order valence-electron chi connectivity index (χ0n) is 10.9. The quantitative estimate of drug-likeness (QED) is 0.930. The number of benzene rings is 1. The lowest BCUT2D eigenvalue weighted by Gasteiger charge is -2.13. The van der Waals surface area contributed by atoms with Crippen LogP contribution in [-0.2, 0) is 0 Å². The molecule has 4 heteroatoms. The molecule has 98 valence electrons. The van der Waals surface area contributed by atoms with Gasteiger partial charge in [-0.15, -0.1) is 0 Å². The van der Waals surface area contributed by atoms with Gasteiger partial charge in [-0.1, -0.05) is 22.0 Å². The summed E-state index contributed by atoms with van der Waals surface area (Å²) in [6.45, 7) is 4.95. The molecule has 1 aromatic rings. The van der Waals surface area contributed by atoms with E-state index in [1.165, 1.54) is 6.42 Å². The van der Waals surface area contributed by atoms with Crippen molar-refractivity contribution < 1.29 is 4.79 Å². The first-order valence-electron chi connectivity index (χ1n) is 6.30. The maximum Gasteiger partial charge on any atom is 0.251 e. The van der Waals surface area contributed by atoms with E-state index in [2.05, 4.69) is 33.2 Å². The summed E-state index contributed by atoms with van der Waals surface area (Å²) in [5, 5.41) is 3.04. The predicted octanol–water partition coefficient (Wildman–Crippen LogP) is 2.44. The van der Waals surface area contributed by atoms with Gasteiger partial charge in [-0.2, -0.15) is 0 Å². The minimum absolute atomic E-state index is 0.0309. The minimum atomic E-state index is 0.0309. The van der Waals surface area contributed by atoms with Crippen molar-refractivity contribution >= 4 is 21.8 Å². The van der Waals surface area contributed by atoms with Gasteiger partial charge in [-0.3, -0.25) is 4.79 Å². The molecule has 18 heavy (non-hydrogen) atoms. The SMILES string of the molecule is Cc1c(Br)cccc1C(=O)NCC1CCN(C)C1. The molecule has 0 spiro atoms. The second-order valence-electron chi connectivity index (χ2n) is 5.04. The second-order valence-corrected chi connectivity index (χ2v) is 5.89. The van der Waals surface area contributed by atoms with Crippen molar-refractivity contribution in [2.45, 2.75) is 13.3 Å². The molecule has 1 unspecified atom stereocenters. The van der Waals surface area contributed by atoms with E-state index >= 15 is 0 Å². The van der Waals surface area contributed by atoms with Gasteiger partial charge in [0.2, 0.25) is 0 Å². The van der Waals surface area contributed by atoms with Crippen LogP contribution in [0.5, 0.6) is 0 Å². The monoisotopic (exact) mass is 310 g/mol. The van der Waals surface area contributed by atoms with Gasteiger partial charge in [-0.25, -0.2) is 0 Å². The zero-order valence-corrected chi connectivity index (χ0v) is 12.5. The number of rotatable bonds is 3. The Kier molecular flexibility index (Phi) is 4.40. The van der Waals surface area contributed by atoms with Crippen molar-refractivity contribution in [3.8, 4) is 0 Å². The molecule has 2 rings (SSSR count). The predicted molar refractivity (Wildman–Crippen MR) is 76.8 cm³/mol. The van der Waals surface area contributed by atoms with E-state index < -0.39 is 0 Å². The Morgan fingerprint density at radius 3 is 3.00 bits per heavy atom. The van der Waals surface area contributed by atoms with Gasteiger partial charge in [0.1, 0.15) is 0 Å². The molecule has 1 N–H and O–H groups in total. The fourth-order valence-corrected chi connectivity index (χ4v) is 2.74. The largest absolute Gasteiger partial charge is 0.352 e. The van der Waals surface area contributed by atoms with Crippen molar-refractivity contribution in [2.75, 3.05) is 26.7 Å². The van der Waals surface area contributed by atoms with E-state index in [9.17, 15) is 4.79 Å². The Bertz CT molecular complexity index is 447. The van der Waals surface area contributed by atoms with Gasteiger partial charge in [0, 0.05) is 23.1 Å². The molecule has 1 heterocycles. The molecule has 0 radical (unpaired) electrons. The van der Waals surface area contributed by atoms with Gasteiger partial charge in [0.25, 0.3) is 5.91 Å². The highest BCUT2D eigenvalue weighted by atomic mass is 79.9. The van der Waals surface area contributed by atoms with Crippen LogP contribution < -0.4 is 5.32 Å². The standard InChI is InChI=1S/C14H19BrN2O/c1-10-12(4-3-5-13(10)15)14(18)16-8-11-6-7-17(2)9-11/h3-5,11H,6-9H2,1-2H3,(H,16,18). The average molecular weight is 311 g/mol. The van der Waals surface area contributed by atoms with Crippen LogP contribution in [0.2, 0.25) is 0 Å². The van der Waals surface area contributed by atoms with Crippen LogP contribution in [0.1, 0.15) is 22.3 Å². The summed E-state index contributed by atoms with van der Waals surface area (Å²) in [6, 6.07) is 5.73. The highest BCUT2D eigenvalue weighted by Gasteiger charge is 2.20. The van der Waals surface area contributed by atoms with Crippen LogP contribution in [0.15, 0.2) is 22.7 Å². The van der Waals surface area contributed by atoms with E-state index in [1.807, 2.05) is 25.1 Å². The number of likely N-dealkylation sites (tertiary alicyclic amines) is 1. The second kappa shape index (κ2) is 5.85. The lowest BCUT2D eigenvalue weighted by atomic mass is 10.1. The van der Waals surface area contributed by atoms with Crippen molar-refractivity contribution in [1.82, 2.24) is 10.2 Å². The third-order valence-corrected chi connectivity index (χ3v) is 4.41. The molecule has 1 aromatic carbocycles. The summed E-state index contributed by atoms with van der Waals surface area (Å²) >= 11 is 3.45. The lowest BCUT2D eigenvalue weighted by molar-refractivity contribution is 0.0947. The summed E-state index contributed by atoms with van der Waals surface area (Å²) in [5.74, 6) is 0.620. The Morgan fingerprint density at radius 2 is 2.33 bits per heavy atom. The molecule has 1 aliphatic rings. The number of hydrogen-bond acceptors (Lipinski definition) is 2. The maximum absolute atomic E-state index is 12.1. The summed E-state index contributed by atoms with van der Waals surface area (Å²) < 4.78 is 0.982. The molecule has 0 aromatic heterocycles. The number of halogens is 1. The minimum Gasteiger partial charge on any atom is -0.352 e. The first-order valence-corrected chi connectivity index (χ1v) is 7.09.